The van der Waals surface area contributed by atoms with E-state index in [-0.39, 0.29) is 21.5 Å². The number of nitrogens with zero attached hydrogens (tertiary/aromatic N) is 1. The fraction of sp³-hybridized carbons (Fsp3) is 0.0714. The van der Waals surface area contributed by atoms with Crippen molar-refractivity contribution in [1.29, 1.82) is 0 Å². The van der Waals surface area contributed by atoms with Crippen LogP contribution < -0.4 is 10.6 Å². The molecule has 0 saturated carbocycles. The van der Waals surface area contributed by atoms with Crippen molar-refractivity contribution in [2.75, 3.05) is 17.7 Å². The van der Waals surface area contributed by atoms with Gasteiger partial charge in [0, 0.05) is 12.1 Å². The quantitative estimate of drug-likeness (QED) is 0.824. The molecule has 1 amide bonds. The monoisotopic (exact) mass is 328 g/mol. The lowest BCUT2D eigenvalue weighted by atomic mass is 10.1. The molecular formula is C14H11Cl3N2O. The average molecular weight is 330 g/mol. The molecule has 0 spiro atoms. The molecule has 0 atom stereocenters. The Bertz CT molecular complexity index is 653. The van der Waals surface area contributed by atoms with Gasteiger partial charge in [-0.3, -0.25) is 4.79 Å². The molecule has 6 heteroatoms. The molecule has 2 aromatic carbocycles. The minimum Gasteiger partial charge on any atom is -0.397 e. The summed E-state index contributed by atoms with van der Waals surface area (Å²) in [6.07, 6.45) is 0. The summed E-state index contributed by atoms with van der Waals surface area (Å²) >= 11 is 18.0. The number of halogens is 3. The van der Waals surface area contributed by atoms with Gasteiger partial charge < -0.3 is 10.6 Å². The van der Waals surface area contributed by atoms with E-state index in [4.69, 9.17) is 40.5 Å². The summed E-state index contributed by atoms with van der Waals surface area (Å²) in [4.78, 5) is 13.9. The second-order valence-electron chi connectivity index (χ2n) is 4.16. The maximum absolute atomic E-state index is 12.5. The highest BCUT2D eigenvalue weighted by Crippen LogP contribution is 2.30. The summed E-state index contributed by atoms with van der Waals surface area (Å²) < 4.78 is 0. The van der Waals surface area contributed by atoms with Crippen LogP contribution >= 0.6 is 34.8 Å². The van der Waals surface area contributed by atoms with Crippen molar-refractivity contribution in [2.24, 2.45) is 0 Å². The van der Waals surface area contributed by atoms with Crippen molar-refractivity contribution >= 4 is 52.1 Å². The van der Waals surface area contributed by atoms with Crippen LogP contribution in [0.1, 0.15) is 10.4 Å². The van der Waals surface area contributed by atoms with Gasteiger partial charge in [0.05, 0.1) is 27.0 Å². The average Bonchev–Trinajstić information content (AvgIpc) is 2.40. The number of carbonyl (C=O) groups excluding carboxylic acids is 1. The standard InChI is InChI=1S/C14H11Cl3N2O/c1-19(12-7-8(15)5-6-11(12)18)14(20)13-9(16)3-2-4-10(13)17/h2-7H,18H2,1H3. The van der Waals surface area contributed by atoms with Crippen molar-refractivity contribution in [3.05, 3.63) is 57.0 Å². The molecule has 0 aliphatic heterocycles. The molecule has 104 valence electrons. The minimum absolute atomic E-state index is 0.234. The Balaban J connectivity index is 2.45. The zero-order valence-electron chi connectivity index (χ0n) is 10.5. The van der Waals surface area contributed by atoms with Crippen molar-refractivity contribution in [3.8, 4) is 0 Å². The van der Waals surface area contributed by atoms with Crippen LogP contribution in [0.3, 0.4) is 0 Å². The second-order valence-corrected chi connectivity index (χ2v) is 5.41. The highest BCUT2D eigenvalue weighted by atomic mass is 35.5. The van der Waals surface area contributed by atoms with Crippen LogP contribution in [0.5, 0.6) is 0 Å². The molecule has 0 aromatic heterocycles. The van der Waals surface area contributed by atoms with Crippen molar-refractivity contribution in [1.82, 2.24) is 0 Å². The lowest BCUT2D eigenvalue weighted by molar-refractivity contribution is 0.0993. The number of nitrogen functional groups attached to an aromatic ring is 1. The third-order valence-corrected chi connectivity index (χ3v) is 3.70. The molecule has 0 radical (unpaired) electrons. The molecule has 0 heterocycles. The number of carbonyl (C=O) groups is 1. The molecule has 20 heavy (non-hydrogen) atoms. The van der Waals surface area contributed by atoms with Crippen molar-refractivity contribution < 1.29 is 4.79 Å². The Hall–Kier alpha value is -1.42. The molecule has 0 aliphatic rings. The summed E-state index contributed by atoms with van der Waals surface area (Å²) in [6, 6.07) is 9.79. The smallest absolute Gasteiger partial charge is 0.261 e. The molecule has 2 rings (SSSR count). The summed E-state index contributed by atoms with van der Waals surface area (Å²) in [5.74, 6) is -0.352. The van der Waals surface area contributed by atoms with Crippen LogP contribution in [-0.4, -0.2) is 13.0 Å². The Kier molecular flexibility index (Phi) is 4.43. The Morgan fingerprint density at radius 1 is 1.10 bits per heavy atom. The SMILES string of the molecule is CN(C(=O)c1c(Cl)cccc1Cl)c1cc(Cl)ccc1N. The van der Waals surface area contributed by atoms with Crippen LogP contribution in [0.25, 0.3) is 0 Å². The zero-order chi connectivity index (χ0) is 14.9. The van der Waals surface area contributed by atoms with Crippen LogP contribution in [0.4, 0.5) is 11.4 Å². The van der Waals surface area contributed by atoms with Gasteiger partial charge in [0.25, 0.3) is 5.91 Å². The maximum Gasteiger partial charge on any atom is 0.261 e. The van der Waals surface area contributed by atoms with Crippen LogP contribution in [0, 0.1) is 0 Å². The van der Waals surface area contributed by atoms with Gasteiger partial charge in [-0.1, -0.05) is 40.9 Å². The van der Waals surface area contributed by atoms with E-state index in [1.165, 1.54) is 4.90 Å². The van der Waals surface area contributed by atoms with Crippen LogP contribution in [0.2, 0.25) is 15.1 Å². The first-order valence-electron chi connectivity index (χ1n) is 5.69. The summed E-state index contributed by atoms with van der Waals surface area (Å²) in [5.41, 5.74) is 7.03. The zero-order valence-corrected chi connectivity index (χ0v) is 12.8. The number of anilines is 2. The van der Waals surface area contributed by atoms with E-state index in [0.29, 0.717) is 16.4 Å². The first-order valence-corrected chi connectivity index (χ1v) is 6.82. The fourth-order valence-corrected chi connectivity index (χ4v) is 2.51. The van der Waals surface area contributed by atoms with E-state index in [1.54, 1.807) is 43.4 Å². The van der Waals surface area contributed by atoms with Gasteiger partial charge in [-0.15, -0.1) is 0 Å². The first kappa shape index (κ1) is 15.0. The number of rotatable bonds is 2. The molecule has 2 N–H and O–H groups in total. The first-order chi connectivity index (χ1) is 9.41. The third-order valence-electron chi connectivity index (χ3n) is 2.84. The third kappa shape index (κ3) is 2.85. The lowest BCUT2D eigenvalue weighted by Gasteiger charge is -2.20. The summed E-state index contributed by atoms with van der Waals surface area (Å²) in [7, 11) is 1.59. The molecule has 3 nitrogen and oxygen atoms in total. The Morgan fingerprint density at radius 3 is 2.30 bits per heavy atom. The minimum atomic E-state index is -0.352. The van der Waals surface area contributed by atoms with E-state index in [1.807, 2.05) is 0 Å². The largest absolute Gasteiger partial charge is 0.397 e. The van der Waals surface area contributed by atoms with Gasteiger partial charge in [0.1, 0.15) is 0 Å². The molecular weight excluding hydrogens is 319 g/mol. The fourth-order valence-electron chi connectivity index (χ4n) is 1.79. The van der Waals surface area contributed by atoms with Gasteiger partial charge in [0.15, 0.2) is 0 Å². The normalized spacial score (nSPS) is 10.4. The van der Waals surface area contributed by atoms with E-state index in [0.717, 1.165) is 0 Å². The lowest BCUT2D eigenvalue weighted by Crippen LogP contribution is -2.27. The number of nitrogens with two attached hydrogens (primary N) is 1. The number of hydrogen-bond acceptors (Lipinski definition) is 2. The molecule has 0 unspecified atom stereocenters. The molecule has 2 aromatic rings. The number of benzene rings is 2. The molecule has 0 fully saturated rings. The van der Waals surface area contributed by atoms with E-state index < -0.39 is 0 Å². The maximum atomic E-state index is 12.5. The predicted molar refractivity (Wildman–Crippen MR) is 85.1 cm³/mol. The van der Waals surface area contributed by atoms with Crippen molar-refractivity contribution in [3.63, 3.8) is 0 Å². The molecule has 0 aliphatic carbocycles. The van der Waals surface area contributed by atoms with Gasteiger partial charge in [-0.05, 0) is 30.3 Å². The highest BCUT2D eigenvalue weighted by molar-refractivity contribution is 6.40. The van der Waals surface area contributed by atoms with Gasteiger partial charge in [-0.25, -0.2) is 0 Å². The van der Waals surface area contributed by atoms with Gasteiger partial charge in [0.2, 0.25) is 0 Å². The van der Waals surface area contributed by atoms with Crippen LogP contribution in [-0.2, 0) is 0 Å². The Morgan fingerprint density at radius 2 is 1.70 bits per heavy atom. The van der Waals surface area contributed by atoms with Gasteiger partial charge in [-0.2, -0.15) is 0 Å². The second kappa shape index (κ2) is 5.92. The number of amides is 1. The number of hydrogen-bond donors (Lipinski definition) is 1. The van der Waals surface area contributed by atoms with Crippen LogP contribution in [0.15, 0.2) is 36.4 Å². The van der Waals surface area contributed by atoms with Crippen molar-refractivity contribution in [2.45, 2.75) is 0 Å². The predicted octanol–water partition coefficient (Wildman–Crippen LogP) is 4.51. The molecule has 0 bridgehead atoms. The highest BCUT2D eigenvalue weighted by Gasteiger charge is 2.21. The van der Waals surface area contributed by atoms with E-state index in [2.05, 4.69) is 0 Å². The summed E-state index contributed by atoms with van der Waals surface area (Å²) in [5, 5.41) is 1.06. The van der Waals surface area contributed by atoms with Gasteiger partial charge >= 0.3 is 0 Å². The van der Waals surface area contributed by atoms with E-state index in [9.17, 15) is 4.79 Å². The summed E-state index contributed by atoms with van der Waals surface area (Å²) in [6.45, 7) is 0. The molecule has 0 saturated heterocycles. The Labute approximate surface area is 131 Å². The van der Waals surface area contributed by atoms with E-state index >= 15 is 0 Å². The topological polar surface area (TPSA) is 46.3 Å².